The van der Waals surface area contributed by atoms with E-state index in [2.05, 4.69) is 0 Å². The molecule has 1 aromatic carbocycles. The molecule has 1 aliphatic heterocycles. The van der Waals surface area contributed by atoms with Crippen LogP contribution in [-0.4, -0.2) is 26.4 Å². The average Bonchev–Trinajstić information content (AvgIpc) is 2.39. The molecule has 1 saturated heterocycles. The van der Waals surface area contributed by atoms with E-state index in [9.17, 15) is 0 Å². The van der Waals surface area contributed by atoms with Crippen LogP contribution in [0, 0.1) is 0 Å². The highest BCUT2D eigenvalue weighted by molar-refractivity contribution is 5.46. The molecule has 18 heavy (non-hydrogen) atoms. The lowest BCUT2D eigenvalue weighted by Gasteiger charge is -2.26. The third-order valence-corrected chi connectivity index (χ3v) is 3.16. The Kier molecular flexibility index (Phi) is 4.44. The standard InChI is InChI=1S/C14H21NO3/c1-10(15)14-12(16-2)4-3-5-13(14)18-11-6-8-17-9-7-11/h3-5,10-11H,6-9,15H2,1-2H3. The fourth-order valence-corrected chi connectivity index (χ4v) is 2.23. The second-order valence-electron chi connectivity index (χ2n) is 4.59. The summed E-state index contributed by atoms with van der Waals surface area (Å²) in [5.74, 6) is 1.62. The van der Waals surface area contributed by atoms with Crippen molar-refractivity contribution in [1.82, 2.24) is 0 Å². The van der Waals surface area contributed by atoms with Crippen LogP contribution >= 0.6 is 0 Å². The molecule has 0 aromatic heterocycles. The zero-order chi connectivity index (χ0) is 13.0. The summed E-state index contributed by atoms with van der Waals surface area (Å²) in [6, 6.07) is 5.68. The van der Waals surface area contributed by atoms with E-state index in [-0.39, 0.29) is 12.1 Å². The maximum Gasteiger partial charge on any atom is 0.128 e. The maximum atomic E-state index is 6.05. The molecule has 0 spiro atoms. The van der Waals surface area contributed by atoms with Crippen molar-refractivity contribution in [3.8, 4) is 11.5 Å². The van der Waals surface area contributed by atoms with Crippen LogP contribution < -0.4 is 15.2 Å². The smallest absolute Gasteiger partial charge is 0.128 e. The number of nitrogens with two attached hydrogens (primary N) is 1. The maximum absolute atomic E-state index is 6.05. The fraction of sp³-hybridized carbons (Fsp3) is 0.571. The van der Waals surface area contributed by atoms with Crippen molar-refractivity contribution in [3.05, 3.63) is 23.8 Å². The summed E-state index contributed by atoms with van der Waals surface area (Å²) in [5.41, 5.74) is 6.95. The summed E-state index contributed by atoms with van der Waals surface area (Å²) < 4.78 is 16.7. The molecule has 1 heterocycles. The third kappa shape index (κ3) is 2.94. The Morgan fingerprint density at radius 2 is 1.94 bits per heavy atom. The topological polar surface area (TPSA) is 53.7 Å². The van der Waals surface area contributed by atoms with Gasteiger partial charge >= 0.3 is 0 Å². The van der Waals surface area contributed by atoms with Crippen LogP contribution in [0.25, 0.3) is 0 Å². The van der Waals surface area contributed by atoms with E-state index >= 15 is 0 Å². The van der Waals surface area contributed by atoms with Crippen molar-refractivity contribution in [1.29, 1.82) is 0 Å². The minimum Gasteiger partial charge on any atom is -0.496 e. The summed E-state index contributed by atoms with van der Waals surface area (Å²) in [6.45, 7) is 3.47. The van der Waals surface area contributed by atoms with E-state index < -0.39 is 0 Å². The molecule has 1 unspecified atom stereocenters. The number of hydrogen-bond acceptors (Lipinski definition) is 4. The number of methoxy groups -OCH3 is 1. The zero-order valence-electron chi connectivity index (χ0n) is 11.0. The van der Waals surface area contributed by atoms with Crippen molar-refractivity contribution in [3.63, 3.8) is 0 Å². The van der Waals surface area contributed by atoms with Gasteiger partial charge in [0.15, 0.2) is 0 Å². The van der Waals surface area contributed by atoms with Crippen molar-refractivity contribution in [2.24, 2.45) is 5.73 Å². The van der Waals surface area contributed by atoms with Gasteiger partial charge in [0.05, 0.1) is 25.9 Å². The molecule has 100 valence electrons. The van der Waals surface area contributed by atoms with Crippen molar-refractivity contribution >= 4 is 0 Å². The van der Waals surface area contributed by atoms with Gasteiger partial charge in [-0.25, -0.2) is 0 Å². The molecule has 2 rings (SSSR count). The van der Waals surface area contributed by atoms with Gasteiger partial charge in [0.1, 0.15) is 17.6 Å². The van der Waals surface area contributed by atoms with Crippen molar-refractivity contribution in [2.45, 2.75) is 31.9 Å². The second kappa shape index (κ2) is 6.07. The van der Waals surface area contributed by atoms with Crippen molar-refractivity contribution < 1.29 is 14.2 Å². The molecule has 0 amide bonds. The highest BCUT2D eigenvalue weighted by atomic mass is 16.5. The van der Waals surface area contributed by atoms with Gasteiger partial charge in [0.25, 0.3) is 0 Å². The third-order valence-electron chi connectivity index (χ3n) is 3.16. The van der Waals surface area contributed by atoms with Gasteiger partial charge in [-0.05, 0) is 19.1 Å². The van der Waals surface area contributed by atoms with Gasteiger partial charge in [-0.2, -0.15) is 0 Å². The lowest BCUT2D eigenvalue weighted by Crippen LogP contribution is -2.26. The first-order valence-corrected chi connectivity index (χ1v) is 6.39. The molecule has 0 aliphatic carbocycles. The summed E-state index contributed by atoms with van der Waals surface area (Å²) >= 11 is 0. The molecule has 1 aromatic rings. The molecule has 1 aliphatic rings. The van der Waals surface area contributed by atoms with E-state index in [0.29, 0.717) is 0 Å². The lowest BCUT2D eigenvalue weighted by atomic mass is 10.1. The Balaban J connectivity index is 2.20. The molecular formula is C14H21NO3. The summed E-state index contributed by atoms with van der Waals surface area (Å²) in [5, 5.41) is 0. The van der Waals surface area contributed by atoms with Gasteiger partial charge in [-0.3, -0.25) is 0 Å². The van der Waals surface area contributed by atoms with Crippen molar-refractivity contribution in [2.75, 3.05) is 20.3 Å². The van der Waals surface area contributed by atoms with E-state index in [4.69, 9.17) is 19.9 Å². The molecule has 2 N–H and O–H groups in total. The first-order chi connectivity index (χ1) is 8.72. The lowest BCUT2D eigenvalue weighted by molar-refractivity contribution is 0.0250. The molecule has 0 radical (unpaired) electrons. The first-order valence-electron chi connectivity index (χ1n) is 6.39. The summed E-state index contributed by atoms with van der Waals surface area (Å²) in [7, 11) is 1.65. The van der Waals surface area contributed by atoms with Crippen LogP contribution in [0.5, 0.6) is 11.5 Å². The van der Waals surface area contributed by atoms with E-state index in [1.54, 1.807) is 7.11 Å². The Bertz CT molecular complexity index is 387. The average molecular weight is 251 g/mol. The number of rotatable bonds is 4. The number of hydrogen-bond donors (Lipinski definition) is 1. The van der Waals surface area contributed by atoms with E-state index in [1.165, 1.54) is 0 Å². The Morgan fingerprint density at radius 1 is 1.28 bits per heavy atom. The van der Waals surface area contributed by atoms with Gasteiger partial charge in [0.2, 0.25) is 0 Å². The second-order valence-corrected chi connectivity index (χ2v) is 4.59. The largest absolute Gasteiger partial charge is 0.496 e. The molecule has 4 heteroatoms. The molecule has 1 atom stereocenters. The Hall–Kier alpha value is -1.26. The normalized spacial score (nSPS) is 18.4. The Labute approximate surface area is 108 Å². The first kappa shape index (κ1) is 13.2. The highest BCUT2D eigenvalue weighted by Crippen LogP contribution is 2.34. The zero-order valence-corrected chi connectivity index (χ0v) is 11.0. The molecule has 1 fully saturated rings. The number of ether oxygens (including phenoxy) is 3. The van der Waals surface area contributed by atoms with Gasteiger partial charge in [-0.15, -0.1) is 0 Å². The monoisotopic (exact) mass is 251 g/mol. The van der Waals surface area contributed by atoms with Gasteiger partial charge in [-0.1, -0.05) is 6.07 Å². The van der Waals surface area contributed by atoms with Crippen LogP contribution in [0.1, 0.15) is 31.4 Å². The number of benzene rings is 1. The van der Waals surface area contributed by atoms with Gasteiger partial charge < -0.3 is 19.9 Å². The predicted molar refractivity (Wildman–Crippen MR) is 70.1 cm³/mol. The molecule has 0 bridgehead atoms. The van der Waals surface area contributed by atoms with Gasteiger partial charge in [0, 0.05) is 18.9 Å². The van der Waals surface area contributed by atoms with E-state index in [1.807, 2.05) is 25.1 Å². The van der Waals surface area contributed by atoms with Crippen LogP contribution in [0.2, 0.25) is 0 Å². The Morgan fingerprint density at radius 3 is 2.56 bits per heavy atom. The highest BCUT2D eigenvalue weighted by Gasteiger charge is 2.20. The summed E-state index contributed by atoms with van der Waals surface area (Å²) in [6.07, 6.45) is 2.06. The summed E-state index contributed by atoms with van der Waals surface area (Å²) in [4.78, 5) is 0. The van der Waals surface area contributed by atoms with Crippen LogP contribution in [0.3, 0.4) is 0 Å². The van der Waals surface area contributed by atoms with Crippen LogP contribution in [0.15, 0.2) is 18.2 Å². The fourth-order valence-electron chi connectivity index (χ4n) is 2.23. The minimum absolute atomic E-state index is 0.115. The minimum atomic E-state index is -0.115. The molecule has 0 saturated carbocycles. The predicted octanol–water partition coefficient (Wildman–Crippen LogP) is 2.27. The molecular weight excluding hydrogens is 230 g/mol. The quantitative estimate of drug-likeness (QED) is 0.892. The SMILES string of the molecule is COc1cccc(OC2CCOCC2)c1C(C)N. The van der Waals surface area contributed by atoms with E-state index in [0.717, 1.165) is 43.1 Å². The van der Waals surface area contributed by atoms with Crippen LogP contribution in [0.4, 0.5) is 0 Å². The van der Waals surface area contributed by atoms with Crippen LogP contribution in [-0.2, 0) is 4.74 Å². The molecule has 4 nitrogen and oxygen atoms in total.